The number of fused-ring (bicyclic) bond motifs is 1. The Morgan fingerprint density at radius 1 is 1.06 bits per heavy atom. The van der Waals surface area contributed by atoms with Gasteiger partial charge < -0.3 is 5.32 Å². The van der Waals surface area contributed by atoms with E-state index in [4.69, 9.17) is 4.98 Å². The van der Waals surface area contributed by atoms with Gasteiger partial charge in [-0.25, -0.2) is 4.98 Å². The van der Waals surface area contributed by atoms with E-state index in [0.717, 1.165) is 40.9 Å². The number of nitrogens with one attached hydrogen (secondary N) is 1. The van der Waals surface area contributed by atoms with Crippen LogP contribution in [0.1, 0.15) is 41.8 Å². The minimum absolute atomic E-state index is 0.0717. The summed E-state index contributed by atoms with van der Waals surface area (Å²) in [6.07, 6.45) is 2.88. The maximum absolute atomic E-state index is 13.7. The van der Waals surface area contributed by atoms with Crippen LogP contribution in [0.5, 0.6) is 0 Å². The quantitative estimate of drug-likeness (QED) is 0.242. The molecular weight excluding hydrogens is 462 g/mol. The summed E-state index contributed by atoms with van der Waals surface area (Å²) >= 11 is 2.89. The molecule has 4 rings (SSSR count). The highest BCUT2D eigenvalue weighted by molar-refractivity contribution is 7.99. The molecule has 0 aliphatic heterocycles. The SMILES string of the molecule is CCCc1sc2nc(SCC(=O)NCc3ccccc3)n(-c3ccc(CC)cc3)c(=O)c2c1C. The lowest BCUT2D eigenvalue weighted by Crippen LogP contribution is -2.26. The van der Waals surface area contributed by atoms with Gasteiger partial charge >= 0.3 is 0 Å². The van der Waals surface area contributed by atoms with Crippen molar-refractivity contribution >= 4 is 39.2 Å². The van der Waals surface area contributed by atoms with Crippen LogP contribution >= 0.6 is 23.1 Å². The van der Waals surface area contributed by atoms with Gasteiger partial charge in [-0.15, -0.1) is 11.3 Å². The molecule has 0 bridgehead atoms. The van der Waals surface area contributed by atoms with Crippen LogP contribution in [0.2, 0.25) is 0 Å². The largest absolute Gasteiger partial charge is 0.351 e. The molecule has 0 radical (unpaired) electrons. The smallest absolute Gasteiger partial charge is 0.267 e. The number of rotatable bonds is 9. The molecule has 4 aromatic rings. The van der Waals surface area contributed by atoms with Crippen molar-refractivity contribution in [3.63, 3.8) is 0 Å². The van der Waals surface area contributed by atoms with Crippen molar-refractivity contribution in [2.45, 2.75) is 51.7 Å². The molecule has 0 atom stereocenters. The lowest BCUT2D eigenvalue weighted by Gasteiger charge is -2.13. The van der Waals surface area contributed by atoms with Crippen LogP contribution in [0.25, 0.3) is 15.9 Å². The molecular formula is C27H29N3O2S2. The molecule has 1 N–H and O–H groups in total. The molecule has 7 heteroatoms. The number of hydrogen-bond acceptors (Lipinski definition) is 5. The number of carbonyl (C=O) groups excluding carboxylic acids is 1. The Hall–Kier alpha value is -2.90. The summed E-state index contributed by atoms with van der Waals surface area (Å²) in [5.74, 6) is 0.0920. The number of aryl methyl sites for hydroxylation is 3. The van der Waals surface area contributed by atoms with Gasteiger partial charge in [-0.1, -0.05) is 74.5 Å². The molecule has 0 aliphatic carbocycles. The molecule has 0 saturated heterocycles. The van der Waals surface area contributed by atoms with Crippen LogP contribution in [-0.4, -0.2) is 21.2 Å². The van der Waals surface area contributed by atoms with E-state index in [1.165, 1.54) is 22.2 Å². The molecule has 2 aromatic carbocycles. The Bertz CT molecular complexity index is 1340. The zero-order chi connectivity index (χ0) is 24.1. The average Bonchev–Trinajstić information content (AvgIpc) is 3.17. The molecule has 0 unspecified atom stereocenters. The van der Waals surface area contributed by atoms with E-state index in [1.807, 2.05) is 61.5 Å². The summed E-state index contributed by atoms with van der Waals surface area (Å²) in [6.45, 7) is 6.73. The van der Waals surface area contributed by atoms with Gasteiger partial charge in [-0.05, 0) is 48.6 Å². The van der Waals surface area contributed by atoms with Gasteiger partial charge in [0.05, 0.1) is 16.8 Å². The summed E-state index contributed by atoms with van der Waals surface area (Å²) < 4.78 is 1.66. The number of thiophene rings is 1. The maximum atomic E-state index is 13.7. The molecule has 176 valence electrons. The lowest BCUT2D eigenvalue weighted by atomic mass is 10.1. The molecule has 2 aromatic heterocycles. The first-order valence-electron chi connectivity index (χ1n) is 11.6. The second kappa shape index (κ2) is 11.0. The fraction of sp³-hybridized carbons (Fsp3) is 0.296. The van der Waals surface area contributed by atoms with E-state index in [9.17, 15) is 9.59 Å². The summed E-state index contributed by atoms with van der Waals surface area (Å²) in [6, 6.07) is 17.8. The third kappa shape index (κ3) is 5.26. The Labute approximate surface area is 208 Å². The first-order chi connectivity index (χ1) is 16.5. The normalized spacial score (nSPS) is 11.1. The third-order valence-corrected chi connectivity index (χ3v) is 7.96. The molecule has 2 heterocycles. The van der Waals surface area contributed by atoms with Gasteiger partial charge in [0.15, 0.2) is 5.16 Å². The molecule has 5 nitrogen and oxygen atoms in total. The monoisotopic (exact) mass is 491 g/mol. The summed E-state index contributed by atoms with van der Waals surface area (Å²) in [4.78, 5) is 33.1. The third-order valence-electron chi connectivity index (χ3n) is 5.78. The summed E-state index contributed by atoms with van der Waals surface area (Å²) in [7, 11) is 0. The van der Waals surface area contributed by atoms with Crippen molar-refractivity contribution in [3.8, 4) is 5.69 Å². The summed E-state index contributed by atoms with van der Waals surface area (Å²) in [5, 5.41) is 4.18. The Morgan fingerprint density at radius 3 is 2.47 bits per heavy atom. The van der Waals surface area contributed by atoms with E-state index < -0.39 is 0 Å². The van der Waals surface area contributed by atoms with Gasteiger partial charge in [-0.2, -0.15) is 0 Å². The van der Waals surface area contributed by atoms with Crippen LogP contribution in [-0.2, 0) is 24.2 Å². The number of hydrogen-bond donors (Lipinski definition) is 1. The van der Waals surface area contributed by atoms with Crippen LogP contribution in [0.4, 0.5) is 0 Å². The second-order valence-corrected chi connectivity index (χ2v) is 10.2. The van der Waals surface area contributed by atoms with Gasteiger partial charge in [-0.3, -0.25) is 14.2 Å². The van der Waals surface area contributed by atoms with Crippen LogP contribution < -0.4 is 10.9 Å². The maximum Gasteiger partial charge on any atom is 0.267 e. The molecule has 1 amide bonds. The number of amides is 1. The van der Waals surface area contributed by atoms with Gasteiger partial charge in [0.1, 0.15) is 4.83 Å². The first kappa shape index (κ1) is 24.2. The highest BCUT2D eigenvalue weighted by Gasteiger charge is 2.19. The van der Waals surface area contributed by atoms with Crippen molar-refractivity contribution in [1.82, 2.24) is 14.9 Å². The lowest BCUT2D eigenvalue weighted by molar-refractivity contribution is -0.118. The van der Waals surface area contributed by atoms with E-state index >= 15 is 0 Å². The number of nitrogens with zero attached hydrogens (tertiary/aromatic N) is 2. The first-order valence-corrected chi connectivity index (χ1v) is 13.4. The van der Waals surface area contributed by atoms with Gasteiger partial charge in [0.25, 0.3) is 5.56 Å². The molecule has 0 spiro atoms. The highest BCUT2D eigenvalue weighted by atomic mass is 32.2. The fourth-order valence-electron chi connectivity index (χ4n) is 3.86. The van der Waals surface area contributed by atoms with Gasteiger partial charge in [0, 0.05) is 11.4 Å². The van der Waals surface area contributed by atoms with Crippen molar-refractivity contribution in [2.75, 3.05) is 5.75 Å². The molecule has 0 fully saturated rings. The van der Waals surface area contributed by atoms with Gasteiger partial charge in [0.2, 0.25) is 5.91 Å². The minimum atomic E-state index is -0.0925. The zero-order valence-electron chi connectivity index (χ0n) is 19.8. The van der Waals surface area contributed by atoms with E-state index in [0.29, 0.717) is 17.1 Å². The molecule has 34 heavy (non-hydrogen) atoms. The highest BCUT2D eigenvalue weighted by Crippen LogP contribution is 2.31. The minimum Gasteiger partial charge on any atom is -0.351 e. The topological polar surface area (TPSA) is 64.0 Å². The Kier molecular flexibility index (Phi) is 7.85. The molecule has 0 saturated carbocycles. The Morgan fingerprint density at radius 2 is 1.79 bits per heavy atom. The number of aromatic nitrogens is 2. The standard InChI is InChI=1S/C27H29N3O2S2/c1-4-9-22-18(3)24-25(34-22)29-27(30(26(24)32)21-14-12-19(5-2)13-15-21)33-17-23(31)28-16-20-10-7-6-8-11-20/h6-8,10-15H,4-5,9,16-17H2,1-3H3,(H,28,31). The van der Waals surface area contributed by atoms with E-state index in [-0.39, 0.29) is 17.2 Å². The van der Waals surface area contributed by atoms with Crippen molar-refractivity contribution in [3.05, 3.63) is 86.5 Å². The van der Waals surface area contributed by atoms with Crippen LogP contribution in [0, 0.1) is 6.92 Å². The molecule has 0 aliphatic rings. The Balaban J connectivity index is 1.67. The number of benzene rings is 2. The predicted molar refractivity (Wildman–Crippen MR) is 142 cm³/mol. The summed E-state index contributed by atoms with van der Waals surface area (Å²) in [5.41, 5.74) is 3.97. The fourth-order valence-corrected chi connectivity index (χ4v) is 6.02. The van der Waals surface area contributed by atoms with Crippen molar-refractivity contribution in [1.29, 1.82) is 0 Å². The second-order valence-electron chi connectivity index (χ2n) is 8.19. The zero-order valence-corrected chi connectivity index (χ0v) is 21.4. The van der Waals surface area contributed by atoms with Crippen LogP contribution in [0.15, 0.2) is 64.5 Å². The van der Waals surface area contributed by atoms with E-state index in [2.05, 4.69) is 19.2 Å². The predicted octanol–water partition coefficient (Wildman–Crippen LogP) is 5.68. The van der Waals surface area contributed by atoms with Crippen LogP contribution in [0.3, 0.4) is 0 Å². The number of thioether (sulfide) groups is 1. The van der Waals surface area contributed by atoms with E-state index in [1.54, 1.807) is 15.9 Å². The number of carbonyl (C=O) groups is 1. The average molecular weight is 492 g/mol. The van der Waals surface area contributed by atoms with Crippen molar-refractivity contribution in [2.24, 2.45) is 0 Å². The van der Waals surface area contributed by atoms with Crippen molar-refractivity contribution < 1.29 is 4.79 Å².